The van der Waals surface area contributed by atoms with E-state index in [0.717, 1.165) is 18.5 Å². The number of rotatable bonds is 5. The minimum absolute atomic E-state index is 0.441. The van der Waals surface area contributed by atoms with Gasteiger partial charge < -0.3 is 14.2 Å². The number of nitrogens with one attached hydrogen (secondary N) is 1. The topological polar surface area (TPSA) is 64.1 Å². The highest BCUT2D eigenvalue weighted by atomic mass is 16.4. The number of nitrogens with zero attached hydrogens (tertiary/aromatic N) is 2. The summed E-state index contributed by atoms with van der Waals surface area (Å²) in [4.78, 5) is 0. The lowest BCUT2D eigenvalue weighted by atomic mass is 10.3. The Kier molecular flexibility index (Phi) is 3.36. The number of aromatic nitrogens is 2. The second-order valence-corrected chi connectivity index (χ2v) is 3.61. The van der Waals surface area contributed by atoms with Crippen LogP contribution in [0.4, 0.5) is 0 Å². The second kappa shape index (κ2) is 4.94. The highest BCUT2D eigenvalue weighted by molar-refractivity contribution is 5.49. The molecule has 0 radical (unpaired) electrons. The summed E-state index contributed by atoms with van der Waals surface area (Å²) in [7, 11) is 0. The van der Waals surface area contributed by atoms with Gasteiger partial charge in [0, 0.05) is 5.56 Å². The summed E-state index contributed by atoms with van der Waals surface area (Å²) in [6.07, 6.45) is 2.70. The third-order valence-corrected chi connectivity index (χ3v) is 2.23. The van der Waals surface area contributed by atoms with E-state index in [9.17, 15) is 0 Å². The van der Waals surface area contributed by atoms with Crippen LogP contribution in [0.5, 0.6) is 0 Å². The van der Waals surface area contributed by atoms with Crippen LogP contribution in [0.1, 0.15) is 24.8 Å². The van der Waals surface area contributed by atoms with Crippen molar-refractivity contribution in [2.45, 2.75) is 26.8 Å². The second-order valence-electron chi connectivity index (χ2n) is 3.61. The summed E-state index contributed by atoms with van der Waals surface area (Å²) in [6.45, 7) is 5.59. The first kappa shape index (κ1) is 10.9. The smallest absolute Gasteiger partial charge is 0.283 e. The van der Waals surface area contributed by atoms with E-state index in [-0.39, 0.29) is 0 Å². The van der Waals surface area contributed by atoms with E-state index >= 15 is 0 Å². The third-order valence-electron chi connectivity index (χ3n) is 2.23. The van der Waals surface area contributed by atoms with Gasteiger partial charge in [-0.1, -0.05) is 6.92 Å². The van der Waals surface area contributed by atoms with Crippen LogP contribution in [0.25, 0.3) is 11.7 Å². The van der Waals surface area contributed by atoms with Gasteiger partial charge in [-0.3, -0.25) is 0 Å². The third kappa shape index (κ3) is 2.30. The molecule has 2 aromatic heterocycles. The van der Waals surface area contributed by atoms with Gasteiger partial charge in [0.2, 0.25) is 5.89 Å². The number of furan rings is 1. The average Bonchev–Trinajstić information content (AvgIpc) is 2.87. The van der Waals surface area contributed by atoms with Crippen molar-refractivity contribution in [2.75, 3.05) is 6.54 Å². The van der Waals surface area contributed by atoms with Crippen molar-refractivity contribution >= 4 is 0 Å². The zero-order valence-electron chi connectivity index (χ0n) is 9.49. The Hall–Kier alpha value is -1.62. The summed E-state index contributed by atoms with van der Waals surface area (Å²) in [5.41, 5.74) is 0.997. The minimum Gasteiger partial charge on any atom is -0.459 e. The number of hydrogen-bond acceptors (Lipinski definition) is 5. The lowest BCUT2D eigenvalue weighted by Gasteiger charge is -1.96. The van der Waals surface area contributed by atoms with Crippen LogP contribution in [0, 0.1) is 6.92 Å². The predicted molar refractivity (Wildman–Crippen MR) is 58.7 cm³/mol. The fourth-order valence-electron chi connectivity index (χ4n) is 1.38. The summed E-state index contributed by atoms with van der Waals surface area (Å²) in [5.74, 6) is 1.67. The van der Waals surface area contributed by atoms with Crippen LogP contribution < -0.4 is 5.32 Å². The zero-order chi connectivity index (χ0) is 11.4. The molecular formula is C11H15N3O2. The summed E-state index contributed by atoms with van der Waals surface area (Å²) < 4.78 is 10.7. The molecule has 0 aliphatic rings. The molecule has 2 heterocycles. The predicted octanol–water partition coefficient (Wildman–Crippen LogP) is 2.14. The van der Waals surface area contributed by atoms with Gasteiger partial charge in [0.05, 0.1) is 12.8 Å². The maximum atomic E-state index is 5.48. The monoisotopic (exact) mass is 221 g/mol. The van der Waals surface area contributed by atoms with E-state index in [1.165, 1.54) is 0 Å². The molecule has 0 spiro atoms. The minimum atomic E-state index is 0.441. The van der Waals surface area contributed by atoms with Gasteiger partial charge in [-0.25, -0.2) is 0 Å². The molecule has 1 N–H and O–H groups in total. The van der Waals surface area contributed by atoms with Crippen molar-refractivity contribution in [2.24, 2.45) is 0 Å². The Bertz CT molecular complexity index is 448. The summed E-state index contributed by atoms with van der Waals surface area (Å²) in [6, 6.07) is 1.87. The van der Waals surface area contributed by atoms with E-state index in [1.807, 2.05) is 13.0 Å². The summed E-state index contributed by atoms with van der Waals surface area (Å²) in [5, 5.41) is 11.1. The molecule has 2 aromatic rings. The SMILES string of the molecule is CCCNCc1nnc(-c2occc2C)o1. The molecule has 0 aromatic carbocycles. The molecule has 0 amide bonds. The normalized spacial score (nSPS) is 10.9. The highest BCUT2D eigenvalue weighted by Crippen LogP contribution is 2.22. The van der Waals surface area contributed by atoms with Crippen molar-refractivity contribution in [3.05, 3.63) is 23.8 Å². The quantitative estimate of drug-likeness (QED) is 0.783. The van der Waals surface area contributed by atoms with E-state index < -0.39 is 0 Å². The summed E-state index contributed by atoms with van der Waals surface area (Å²) >= 11 is 0. The van der Waals surface area contributed by atoms with Crippen LogP contribution >= 0.6 is 0 Å². The first-order valence-corrected chi connectivity index (χ1v) is 5.39. The van der Waals surface area contributed by atoms with Crippen LogP contribution in [0.15, 0.2) is 21.2 Å². The van der Waals surface area contributed by atoms with Gasteiger partial charge in [0.15, 0.2) is 5.76 Å². The molecule has 0 saturated heterocycles. The maximum absolute atomic E-state index is 5.48. The van der Waals surface area contributed by atoms with E-state index in [2.05, 4.69) is 22.4 Å². The molecule has 0 aliphatic carbocycles. The van der Waals surface area contributed by atoms with Crippen molar-refractivity contribution in [3.8, 4) is 11.7 Å². The van der Waals surface area contributed by atoms with Gasteiger partial charge in [-0.15, -0.1) is 10.2 Å². The lowest BCUT2D eigenvalue weighted by molar-refractivity contribution is 0.460. The van der Waals surface area contributed by atoms with Crippen molar-refractivity contribution in [3.63, 3.8) is 0 Å². The molecule has 0 atom stereocenters. The average molecular weight is 221 g/mol. The first-order chi connectivity index (χ1) is 7.81. The maximum Gasteiger partial charge on any atom is 0.283 e. The Labute approximate surface area is 93.9 Å². The molecule has 2 rings (SSSR count). The number of aryl methyl sites for hydroxylation is 1. The van der Waals surface area contributed by atoms with Crippen LogP contribution in [-0.2, 0) is 6.54 Å². The Morgan fingerprint density at radius 2 is 2.25 bits per heavy atom. The van der Waals surface area contributed by atoms with Crippen LogP contribution in [0.3, 0.4) is 0 Å². The fraction of sp³-hybridized carbons (Fsp3) is 0.455. The van der Waals surface area contributed by atoms with E-state index in [0.29, 0.717) is 24.1 Å². The van der Waals surface area contributed by atoms with E-state index in [4.69, 9.17) is 8.83 Å². The molecule has 0 aliphatic heterocycles. The van der Waals surface area contributed by atoms with Crippen molar-refractivity contribution < 1.29 is 8.83 Å². The number of hydrogen-bond donors (Lipinski definition) is 1. The van der Waals surface area contributed by atoms with Crippen molar-refractivity contribution in [1.82, 2.24) is 15.5 Å². The Balaban J connectivity index is 2.05. The van der Waals surface area contributed by atoms with Gasteiger partial charge in [-0.2, -0.15) is 0 Å². The zero-order valence-corrected chi connectivity index (χ0v) is 9.49. The fourth-order valence-corrected chi connectivity index (χ4v) is 1.38. The standard InChI is InChI=1S/C11H15N3O2/c1-3-5-12-7-9-13-14-11(16-9)10-8(2)4-6-15-10/h4,6,12H,3,5,7H2,1-2H3. The first-order valence-electron chi connectivity index (χ1n) is 5.39. The molecule has 0 saturated carbocycles. The molecule has 16 heavy (non-hydrogen) atoms. The largest absolute Gasteiger partial charge is 0.459 e. The molecule has 5 heteroatoms. The van der Waals surface area contributed by atoms with Gasteiger partial charge in [0.1, 0.15) is 0 Å². The van der Waals surface area contributed by atoms with Crippen molar-refractivity contribution in [1.29, 1.82) is 0 Å². The molecular weight excluding hydrogens is 206 g/mol. The molecule has 0 bridgehead atoms. The Morgan fingerprint density at radius 1 is 1.38 bits per heavy atom. The molecule has 86 valence electrons. The van der Waals surface area contributed by atoms with Crippen LogP contribution in [-0.4, -0.2) is 16.7 Å². The van der Waals surface area contributed by atoms with Gasteiger partial charge in [0.25, 0.3) is 5.89 Å². The highest BCUT2D eigenvalue weighted by Gasteiger charge is 2.13. The van der Waals surface area contributed by atoms with Crippen LogP contribution in [0.2, 0.25) is 0 Å². The van der Waals surface area contributed by atoms with Gasteiger partial charge in [-0.05, 0) is 26.0 Å². The molecule has 0 unspecified atom stereocenters. The molecule has 0 fully saturated rings. The van der Waals surface area contributed by atoms with Gasteiger partial charge >= 0.3 is 0 Å². The Morgan fingerprint density at radius 3 is 2.94 bits per heavy atom. The lowest BCUT2D eigenvalue weighted by Crippen LogP contribution is -2.13. The molecule has 5 nitrogen and oxygen atoms in total. The van der Waals surface area contributed by atoms with E-state index in [1.54, 1.807) is 6.26 Å².